The van der Waals surface area contributed by atoms with Gasteiger partial charge in [-0.25, -0.2) is 4.79 Å². The van der Waals surface area contributed by atoms with Gasteiger partial charge in [0.25, 0.3) is 0 Å². The van der Waals surface area contributed by atoms with Crippen LogP contribution < -0.4 is 0 Å². The number of halogens is 1. The van der Waals surface area contributed by atoms with Gasteiger partial charge in [-0.05, 0) is 6.42 Å². The highest BCUT2D eigenvalue weighted by atomic mass is 35.5. The first kappa shape index (κ1) is 9.30. The highest BCUT2D eigenvalue weighted by Crippen LogP contribution is 1.86. The zero-order valence-electron chi connectivity index (χ0n) is 5.42. The van der Waals surface area contributed by atoms with Crippen LogP contribution in [0.2, 0.25) is 0 Å². The van der Waals surface area contributed by atoms with E-state index in [4.69, 9.17) is 16.7 Å². The van der Waals surface area contributed by atoms with Gasteiger partial charge in [-0.2, -0.15) is 0 Å². The van der Waals surface area contributed by atoms with Crippen molar-refractivity contribution in [3.05, 3.63) is 12.2 Å². The molecule has 0 amide bonds. The summed E-state index contributed by atoms with van der Waals surface area (Å²) in [5.41, 5.74) is 0. The van der Waals surface area contributed by atoms with Crippen LogP contribution in [0, 0.1) is 0 Å². The van der Waals surface area contributed by atoms with Gasteiger partial charge >= 0.3 is 6.16 Å². The molecule has 3 nitrogen and oxygen atoms in total. The minimum atomic E-state index is -1.25. The predicted octanol–water partition coefficient (Wildman–Crippen LogP) is 1.87. The molecule has 0 aromatic carbocycles. The molecule has 0 aliphatic rings. The summed E-state index contributed by atoms with van der Waals surface area (Å²) >= 11 is 5.33. The van der Waals surface area contributed by atoms with Crippen LogP contribution in [-0.4, -0.2) is 23.7 Å². The number of hydrogen-bond acceptors (Lipinski definition) is 2. The van der Waals surface area contributed by atoms with Crippen LogP contribution in [0.1, 0.15) is 6.42 Å². The van der Waals surface area contributed by atoms with Gasteiger partial charge in [0.15, 0.2) is 0 Å². The van der Waals surface area contributed by atoms with E-state index in [9.17, 15) is 4.79 Å². The Bertz CT molecular complexity index is 122. The molecule has 0 unspecified atom stereocenters. The molecular formula is C6H9ClO3. The Labute approximate surface area is 64.2 Å². The number of hydrogen-bond donors (Lipinski definition) is 1. The zero-order valence-corrected chi connectivity index (χ0v) is 6.17. The molecule has 58 valence electrons. The van der Waals surface area contributed by atoms with Gasteiger partial charge in [-0.3, -0.25) is 0 Å². The summed E-state index contributed by atoms with van der Waals surface area (Å²) in [7, 11) is 0. The van der Waals surface area contributed by atoms with E-state index in [0.29, 0.717) is 5.88 Å². The Balaban J connectivity index is 3.10. The van der Waals surface area contributed by atoms with Crippen LogP contribution in [0.15, 0.2) is 12.2 Å². The number of rotatable bonds is 4. The Hall–Kier alpha value is -0.700. The number of carbonyl (C=O) groups is 1. The van der Waals surface area contributed by atoms with E-state index in [1.165, 1.54) is 0 Å². The molecule has 0 spiro atoms. The van der Waals surface area contributed by atoms with Crippen molar-refractivity contribution in [3.63, 3.8) is 0 Å². The fraction of sp³-hybridized carbons (Fsp3) is 0.500. The molecule has 0 aromatic heterocycles. The van der Waals surface area contributed by atoms with Crippen LogP contribution in [0.25, 0.3) is 0 Å². The predicted molar refractivity (Wildman–Crippen MR) is 38.5 cm³/mol. The number of allylic oxidation sites excluding steroid dienone is 1. The van der Waals surface area contributed by atoms with E-state index in [0.717, 1.165) is 6.42 Å². The molecular weight excluding hydrogens is 156 g/mol. The minimum Gasteiger partial charge on any atom is -0.450 e. The molecule has 0 aliphatic heterocycles. The second-order valence-corrected chi connectivity index (χ2v) is 1.90. The molecule has 0 aliphatic carbocycles. The summed E-state index contributed by atoms with van der Waals surface area (Å²) in [5, 5.41) is 7.99. The smallest absolute Gasteiger partial charge is 0.450 e. The lowest BCUT2D eigenvalue weighted by atomic mass is 10.4. The van der Waals surface area contributed by atoms with E-state index < -0.39 is 6.16 Å². The molecule has 0 atom stereocenters. The van der Waals surface area contributed by atoms with Gasteiger partial charge in [0.1, 0.15) is 6.61 Å². The average Bonchev–Trinajstić information content (AvgIpc) is 1.87. The van der Waals surface area contributed by atoms with Gasteiger partial charge in [-0.15, -0.1) is 11.6 Å². The van der Waals surface area contributed by atoms with E-state index in [1.54, 1.807) is 12.2 Å². The maximum Gasteiger partial charge on any atom is 0.506 e. The third-order valence-corrected chi connectivity index (χ3v) is 0.964. The van der Waals surface area contributed by atoms with Crippen molar-refractivity contribution in [1.82, 2.24) is 0 Å². The van der Waals surface area contributed by atoms with Crippen molar-refractivity contribution in [2.24, 2.45) is 0 Å². The second kappa shape index (κ2) is 6.42. The van der Waals surface area contributed by atoms with Crippen molar-refractivity contribution in [3.8, 4) is 0 Å². The van der Waals surface area contributed by atoms with E-state index in [1.807, 2.05) is 0 Å². The number of carboxylic acid groups (broad SMARTS) is 1. The number of alkyl halides is 1. The summed E-state index contributed by atoms with van der Waals surface area (Å²) < 4.78 is 4.18. The van der Waals surface area contributed by atoms with E-state index in [2.05, 4.69) is 4.74 Å². The summed E-state index contributed by atoms with van der Waals surface area (Å²) in [5.74, 6) is 0.545. The highest BCUT2D eigenvalue weighted by molar-refractivity contribution is 6.17. The quantitative estimate of drug-likeness (QED) is 0.392. The third-order valence-electron chi connectivity index (χ3n) is 0.745. The molecule has 10 heavy (non-hydrogen) atoms. The molecule has 0 saturated carbocycles. The van der Waals surface area contributed by atoms with Crippen LogP contribution >= 0.6 is 11.6 Å². The first-order valence-corrected chi connectivity index (χ1v) is 3.37. The molecule has 4 heteroatoms. The van der Waals surface area contributed by atoms with Gasteiger partial charge in [-0.1, -0.05) is 12.2 Å². The maximum absolute atomic E-state index is 9.75. The van der Waals surface area contributed by atoms with Crippen molar-refractivity contribution >= 4 is 17.8 Å². The Morgan fingerprint density at radius 1 is 1.60 bits per heavy atom. The van der Waals surface area contributed by atoms with Crippen molar-refractivity contribution in [2.45, 2.75) is 6.42 Å². The first-order chi connectivity index (χ1) is 4.77. The summed E-state index contributed by atoms with van der Waals surface area (Å²) in [6.07, 6.45) is 2.88. The normalized spacial score (nSPS) is 10.1. The fourth-order valence-corrected chi connectivity index (χ4v) is 0.494. The van der Waals surface area contributed by atoms with Gasteiger partial charge in [0.05, 0.1) is 0 Å². The molecule has 0 bridgehead atoms. The van der Waals surface area contributed by atoms with Crippen LogP contribution in [0.3, 0.4) is 0 Å². The van der Waals surface area contributed by atoms with Crippen molar-refractivity contribution in [2.75, 3.05) is 12.5 Å². The van der Waals surface area contributed by atoms with Crippen LogP contribution in [0.4, 0.5) is 4.79 Å². The standard InChI is InChI=1S/C6H9ClO3/c7-4-2-1-3-5-10-6(8)9/h1,3H,2,4-5H2,(H,8,9). The lowest BCUT2D eigenvalue weighted by Gasteiger charge is -1.91. The van der Waals surface area contributed by atoms with Crippen LogP contribution in [0.5, 0.6) is 0 Å². The summed E-state index contributed by atoms with van der Waals surface area (Å²) in [6.45, 7) is 0.103. The maximum atomic E-state index is 9.75. The largest absolute Gasteiger partial charge is 0.506 e. The van der Waals surface area contributed by atoms with Gasteiger partial charge in [0.2, 0.25) is 0 Å². The number of ether oxygens (including phenoxy) is 1. The molecule has 0 aromatic rings. The fourth-order valence-electron chi connectivity index (χ4n) is 0.368. The Kier molecular flexibility index (Phi) is 5.97. The lowest BCUT2D eigenvalue weighted by molar-refractivity contribution is 0.102. The SMILES string of the molecule is O=C(O)OCC=CCCCl. The minimum absolute atomic E-state index is 0.103. The van der Waals surface area contributed by atoms with Gasteiger partial charge in [0, 0.05) is 5.88 Å². The van der Waals surface area contributed by atoms with Crippen molar-refractivity contribution in [1.29, 1.82) is 0 Å². The molecule has 0 fully saturated rings. The Morgan fingerprint density at radius 3 is 2.80 bits per heavy atom. The van der Waals surface area contributed by atoms with Crippen LogP contribution in [-0.2, 0) is 4.74 Å². The van der Waals surface area contributed by atoms with E-state index in [-0.39, 0.29) is 6.61 Å². The average molecular weight is 165 g/mol. The second-order valence-electron chi connectivity index (χ2n) is 1.53. The zero-order chi connectivity index (χ0) is 7.82. The molecule has 0 rings (SSSR count). The summed E-state index contributed by atoms with van der Waals surface area (Å²) in [6, 6.07) is 0. The van der Waals surface area contributed by atoms with Gasteiger partial charge < -0.3 is 9.84 Å². The third kappa shape index (κ3) is 7.30. The van der Waals surface area contributed by atoms with Crippen molar-refractivity contribution < 1.29 is 14.6 Å². The molecule has 0 heterocycles. The monoisotopic (exact) mass is 164 g/mol. The lowest BCUT2D eigenvalue weighted by Crippen LogP contribution is -1.98. The molecule has 1 N–H and O–H groups in total. The molecule has 0 radical (unpaired) electrons. The first-order valence-electron chi connectivity index (χ1n) is 2.84. The topological polar surface area (TPSA) is 46.5 Å². The van der Waals surface area contributed by atoms with E-state index >= 15 is 0 Å². The Morgan fingerprint density at radius 2 is 2.30 bits per heavy atom. The summed E-state index contributed by atoms with van der Waals surface area (Å²) in [4.78, 5) is 9.75. The molecule has 0 saturated heterocycles. The highest BCUT2D eigenvalue weighted by Gasteiger charge is 1.89.